The standard InChI is InChI=1S/C9H9ClN2O3/c10-2-1-9(13)6-3-7(11)5-8(4-6)12(14)15/h3-5H,1-2,11H2. The third-order valence-corrected chi connectivity index (χ3v) is 1.98. The number of nitrogen functional groups attached to an aromatic ring is 1. The van der Waals surface area contributed by atoms with E-state index < -0.39 is 4.92 Å². The highest BCUT2D eigenvalue weighted by atomic mass is 35.5. The van der Waals surface area contributed by atoms with E-state index in [1.807, 2.05) is 0 Å². The van der Waals surface area contributed by atoms with E-state index in [4.69, 9.17) is 17.3 Å². The van der Waals surface area contributed by atoms with E-state index in [0.717, 1.165) is 0 Å². The molecule has 15 heavy (non-hydrogen) atoms. The molecule has 0 saturated heterocycles. The summed E-state index contributed by atoms with van der Waals surface area (Å²) < 4.78 is 0. The van der Waals surface area contributed by atoms with Gasteiger partial charge in [-0.1, -0.05) is 0 Å². The van der Waals surface area contributed by atoms with Crippen molar-refractivity contribution in [3.8, 4) is 0 Å². The van der Waals surface area contributed by atoms with Gasteiger partial charge in [-0.2, -0.15) is 0 Å². The molecule has 0 aromatic heterocycles. The first kappa shape index (κ1) is 11.5. The molecule has 0 aliphatic rings. The normalized spacial score (nSPS) is 9.93. The Morgan fingerprint density at radius 2 is 2.13 bits per heavy atom. The van der Waals surface area contributed by atoms with Crippen LogP contribution in [0, 0.1) is 10.1 Å². The monoisotopic (exact) mass is 228 g/mol. The average molecular weight is 229 g/mol. The molecule has 0 atom stereocenters. The number of hydrogen-bond acceptors (Lipinski definition) is 4. The van der Waals surface area contributed by atoms with E-state index in [-0.39, 0.29) is 35.0 Å². The van der Waals surface area contributed by atoms with Crippen molar-refractivity contribution in [2.24, 2.45) is 0 Å². The Hall–Kier alpha value is -1.62. The third-order valence-electron chi connectivity index (χ3n) is 1.79. The van der Waals surface area contributed by atoms with Gasteiger partial charge in [0.1, 0.15) is 0 Å². The number of nitrogens with zero attached hydrogens (tertiary/aromatic N) is 1. The van der Waals surface area contributed by atoms with E-state index >= 15 is 0 Å². The molecular formula is C9H9ClN2O3. The van der Waals surface area contributed by atoms with Crippen molar-refractivity contribution in [1.29, 1.82) is 0 Å². The maximum absolute atomic E-state index is 11.4. The van der Waals surface area contributed by atoms with Crippen LogP contribution in [0.25, 0.3) is 0 Å². The second kappa shape index (κ2) is 4.75. The predicted molar refractivity (Wildman–Crippen MR) is 57.2 cm³/mol. The third kappa shape index (κ3) is 2.92. The SMILES string of the molecule is Nc1cc(C(=O)CCCl)cc([N+](=O)[O-])c1. The lowest BCUT2D eigenvalue weighted by Gasteiger charge is -2.00. The van der Waals surface area contributed by atoms with Gasteiger partial charge in [-0.15, -0.1) is 11.6 Å². The smallest absolute Gasteiger partial charge is 0.272 e. The molecule has 0 aliphatic heterocycles. The summed E-state index contributed by atoms with van der Waals surface area (Å²) in [7, 11) is 0. The number of benzene rings is 1. The lowest BCUT2D eigenvalue weighted by Crippen LogP contribution is -2.02. The fourth-order valence-electron chi connectivity index (χ4n) is 1.13. The molecule has 0 unspecified atom stereocenters. The summed E-state index contributed by atoms with van der Waals surface area (Å²) in [6, 6.07) is 3.81. The number of anilines is 1. The summed E-state index contributed by atoms with van der Waals surface area (Å²) in [5.41, 5.74) is 5.68. The van der Waals surface area contributed by atoms with Gasteiger partial charge in [0.2, 0.25) is 0 Å². The van der Waals surface area contributed by atoms with Crippen molar-refractivity contribution in [3.63, 3.8) is 0 Å². The molecule has 0 aliphatic carbocycles. The van der Waals surface area contributed by atoms with Crippen LogP contribution in [0.15, 0.2) is 18.2 Å². The fourth-order valence-corrected chi connectivity index (χ4v) is 1.30. The van der Waals surface area contributed by atoms with Crippen LogP contribution in [-0.4, -0.2) is 16.6 Å². The van der Waals surface area contributed by atoms with E-state index in [2.05, 4.69) is 0 Å². The lowest BCUT2D eigenvalue weighted by atomic mass is 10.1. The summed E-state index contributed by atoms with van der Waals surface area (Å²) in [6.07, 6.45) is 0.141. The number of non-ortho nitro benzene ring substituents is 1. The molecular weight excluding hydrogens is 220 g/mol. The summed E-state index contributed by atoms with van der Waals surface area (Å²) in [5, 5.41) is 10.5. The minimum absolute atomic E-state index is 0.141. The predicted octanol–water partition coefficient (Wildman–Crippen LogP) is 1.99. The Morgan fingerprint density at radius 3 is 2.67 bits per heavy atom. The zero-order valence-electron chi connectivity index (χ0n) is 7.77. The van der Waals surface area contributed by atoms with Crippen molar-refractivity contribution in [2.75, 3.05) is 11.6 Å². The van der Waals surface area contributed by atoms with E-state index in [1.54, 1.807) is 0 Å². The highest BCUT2D eigenvalue weighted by Crippen LogP contribution is 2.19. The Morgan fingerprint density at radius 1 is 1.47 bits per heavy atom. The molecule has 0 radical (unpaired) electrons. The summed E-state index contributed by atoms with van der Waals surface area (Å²) in [6.45, 7) is 0. The average Bonchev–Trinajstić information content (AvgIpc) is 2.17. The van der Waals surface area contributed by atoms with Crippen molar-refractivity contribution < 1.29 is 9.72 Å². The Kier molecular flexibility index (Phi) is 3.62. The van der Waals surface area contributed by atoms with Crippen LogP contribution in [0.5, 0.6) is 0 Å². The minimum Gasteiger partial charge on any atom is -0.399 e. The molecule has 1 aromatic rings. The zero-order chi connectivity index (χ0) is 11.4. The minimum atomic E-state index is -0.589. The maximum Gasteiger partial charge on any atom is 0.272 e. The number of nitro benzene ring substituents is 1. The van der Waals surface area contributed by atoms with Gasteiger partial charge < -0.3 is 5.73 Å². The molecule has 2 N–H and O–H groups in total. The van der Waals surface area contributed by atoms with Gasteiger partial charge in [0, 0.05) is 35.7 Å². The fraction of sp³-hybridized carbons (Fsp3) is 0.222. The molecule has 0 fully saturated rings. The highest BCUT2D eigenvalue weighted by Gasteiger charge is 2.12. The first-order valence-electron chi connectivity index (χ1n) is 4.18. The van der Waals surface area contributed by atoms with Crippen LogP contribution < -0.4 is 5.73 Å². The van der Waals surface area contributed by atoms with Crippen molar-refractivity contribution in [1.82, 2.24) is 0 Å². The highest BCUT2D eigenvalue weighted by molar-refractivity contribution is 6.19. The van der Waals surface area contributed by atoms with E-state index in [1.165, 1.54) is 18.2 Å². The molecule has 1 rings (SSSR count). The Labute approximate surface area is 91.0 Å². The molecule has 5 nitrogen and oxygen atoms in total. The first-order valence-corrected chi connectivity index (χ1v) is 4.72. The maximum atomic E-state index is 11.4. The van der Waals surface area contributed by atoms with Crippen LogP contribution in [-0.2, 0) is 0 Å². The molecule has 1 aromatic carbocycles. The number of nitro groups is 1. The Balaban J connectivity index is 3.09. The number of rotatable bonds is 4. The van der Waals surface area contributed by atoms with Gasteiger partial charge >= 0.3 is 0 Å². The number of nitrogens with two attached hydrogens (primary N) is 1. The molecule has 80 valence electrons. The summed E-state index contributed by atoms with van der Waals surface area (Å²) in [5.74, 6) is -0.0677. The first-order chi connectivity index (χ1) is 7.04. The van der Waals surface area contributed by atoms with Gasteiger partial charge in [-0.25, -0.2) is 0 Å². The summed E-state index contributed by atoms with van der Waals surface area (Å²) >= 11 is 5.40. The number of alkyl halides is 1. The second-order valence-electron chi connectivity index (χ2n) is 2.93. The van der Waals surface area contributed by atoms with Crippen LogP contribution in [0.4, 0.5) is 11.4 Å². The van der Waals surface area contributed by atoms with Crippen molar-refractivity contribution in [3.05, 3.63) is 33.9 Å². The van der Waals surface area contributed by atoms with Gasteiger partial charge in [-0.3, -0.25) is 14.9 Å². The van der Waals surface area contributed by atoms with Crippen molar-refractivity contribution in [2.45, 2.75) is 6.42 Å². The number of halogens is 1. The van der Waals surface area contributed by atoms with Gasteiger partial charge in [0.05, 0.1) is 4.92 Å². The summed E-state index contributed by atoms with van der Waals surface area (Å²) in [4.78, 5) is 21.3. The molecule has 0 heterocycles. The Bertz CT molecular complexity index is 406. The van der Waals surface area contributed by atoms with Gasteiger partial charge in [0.15, 0.2) is 5.78 Å². The number of Topliss-reactive ketones (excluding diaryl/α,β-unsaturated/α-hetero) is 1. The number of carbonyl (C=O) groups excluding carboxylic acids is 1. The van der Waals surface area contributed by atoms with Crippen LogP contribution >= 0.6 is 11.6 Å². The molecule has 0 amide bonds. The van der Waals surface area contributed by atoms with Crippen molar-refractivity contribution >= 4 is 28.8 Å². The van der Waals surface area contributed by atoms with Crippen LogP contribution in [0.1, 0.15) is 16.8 Å². The quantitative estimate of drug-likeness (QED) is 0.281. The topological polar surface area (TPSA) is 86.2 Å². The molecule has 6 heteroatoms. The molecule has 0 saturated carbocycles. The number of carbonyl (C=O) groups is 1. The zero-order valence-corrected chi connectivity index (χ0v) is 8.53. The number of hydrogen-bond donors (Lipinski definition) is 1. The van der Waals surface area contributed by atoms with Gasteiger partial charge in [-0.05, 0) is 6.07 Å². The molecule has 0 bridgehead atoms. The number of ketones is 1. The second-order valence-corrected chi connectivity index (χ2v) is 3.31. The van der Waals surface area contributed by atoms with E-state index in [0.29, 0.717) is 0 Å². The molecule has 0 spiro atoms. The lowest BCUT2D eigenvalue weighted by molar-refractivity contribution is -0.384. The van der Waals surface area contributed by atoms with Crippen LogP contribution in [0.3, 0.4) is 0 Å². The largest absolute Gasteiger partial charge is 0.399 e. The van der Waals surface area contributed by atoms with Crippen LogP contribution in [0.2, 0.25) is 0 Å². The van der Waals surface area contributed by atoms with E-state index in [9.17, 15) is 14.9 Å². The van der Waals surface area contributed by atoms with Gasteiger partial charge in [0.25, 0.3) is 5.69 Å².